The second-order valence-corrected chi connectivity index (χ2v) is 6.83. The summed E-state index contributed by atoms with van der Waals surface area (Å²) in [6.07, 6.45) is 11.7. The van der Waals surface area contributed by atoms with Gasteiger partial charge in [-0.25, -0.2) is 0 Å². The van der Waals surface area contributed by atoms with E-state index >= 15 is 0 Å². The average molecular weight is 310 g/mol. The normalized spacial score (nSPS) is 17.5. The first-order valence-electron chi connectivity index (χ1n) is 9.41. The number of carbonyl (C=O) groups is 1. The third kappa shape index (κ3) is 6.51. The van der Waals surface area contributed by atoms with Crippen molar-refractivity contribution in [3.63, 3.8) is 0 Å². The predicted octanol–water partition coefficient (Wildman–Crippen LogP) is 3.99. The van der Waals surface area contributed by atoms with Gasteiger partial charge in [-0.2, -0.15) is 0 Å². The van der Waals surface area contributed by atoms with Crippen LogP contribution in [0.1, 0.15) is 65.2 Å². The van der Waals surface area contributed by atoms with Crippen molar-refractivity contribution in [1.82, 2.24) is 4.90 Å². The van der Waals surface area contributed by atoms with Crippen molar-refractivity contribution >= 4 is 5.91 Å². The van der Waals surface area contributed by atoms with E-state index in [4.69, 9.17) is 0 Å². The first kappa shape index (κ1) is 19.2. The molecule has 1 rings (SSSR count). The van der Waals surface area contributed by atoms with E-state index in [9.17, 15) is 4.79 Å². The summed E-state index contributed by atoms with van der Waals surface area (Å²) >= 11 is 0. The van der Waals surface area contributed by atoms with Gasteiger partial charge in [0.2, 0.25) is 5.91 Å². The number of hydrogen-bond acceptors (Lipinski definition) is 1. The number of piperazine rings is 1. The highest BCUT2D eigenvalue weighted by Gasteiger charge is 2.31. The summed E-state index contributed by atoms with van der Waals surface area (Å²) < 4.78 is 1.10. The van der Waals surface area contributed by atoms with Crippen LogP contribution in [0, 0.1) is 0 Å². The SMILES string of the molecule is C=CC[N+]1(CC)CCN(C(=O)CCCCCCCCC)CC1. The van der Waals surface area contributed by atoms with E-state index < -0.39 is 0 Å². The van der Waals surface area contributed by atoms with Crippen LogP contribution in [0.15, 0.2) is 12.7 Å². The molecule has 0 aromatic rings. The zero-order valence-electron chi connectivity index (χ0n) is 15.0. The lowest BCUT2D eigenvalue weighted by Crippen LogP contribution is -2.60. The molecule has 1 fully saturated rings. The quantitative estimate of drug-likeness (QED) is 0.321. The lowest BCUT2D eigenvalue weighted by molar-refractivity contribution is -0.924. The van der Waals surface area contributed by atoms with Crippen LogP contribution in [0.2, 0.25) is 0 Å². The molecule has 0 spiro atoms. The Morgan fingerprint density at radius 3 is 2.18 bits per heavy atom. The fourth-order valence-corrected chi connectivity index (χ4v) is 3.43. The van der Waals surface area contributed by atoms with Crippen LogP contribution in [-0.2, 0) is 4.79 Å². The minimum absolute atomic E-state index is 0.376. The zero-order valence-corrected chi connectivity index (χ0v) is 15.0. The molecule has 0 radical (unpaired) electrons. The van der Waals surface area contributed by atoms with Crippen LogP contribution in [0.4, 0.5) is 0 Å². The second kappa shape index (κ2) is 10.8. The van der Waals surface area contributed by atoms with Crippen LogP contribution in [0.3, 0.4) is 0 Å². The summed E-state index contributed by atoms with van der Waals surface area (Å²) in [6.45, 7) is 14.6. The summed E-state index contributed by atoms with van der Waals surface area (Å²) in [5.74, 6) is 0.376. The fraction of sp³-hybridized carbons (Fsp3) is 0.842. The van der Waals surface area contributed by atoms with Gasteiger partial charge in [0.15, 0.2) is 0 Å². The first-order chi connectivity index (χ1) is 10.7. The lowest BCUT2D eigenvalue weighted by Gasteiger charge is -2.43. The third-order valence-electron chi connectivity index (χ3n) is 5.22. The van der Waals surface area contributed by atoms with Gasteiger partial charge in [0, 0.05) is 6.42 Å². The van der Waals surface area contributed by atoms with Gasteiger partial charge in [-0.15, -0.1) is 0 Å². The monoisotopic (exact) mass is 309 g/mol. The van der Waals surface area contributed by atoms with Gasteiger partial charge in [0.1, 0.15) is 0 Å². The molecule has 0 aromatic heterocycles. The molecular weight excluding hydrogens is 272 g/mol. The number of amides is 1. The molecule has 0 unspecified atom stereocenters. The third-order valence-corrected chi connectivity index (χ3v) is 5.22. The minimum atomic E-state index is 0.376. The largest absolute Gasteiger partial charge is 0.331 e. The Kier molecular flexibility index (Phi) is 9.45. The topological polar surface area (TPSA) is 20.3 Å². The second-order valence-electron chi connectivity index (χ2n) is 6.83. The summed E-state index contributed by atoms with van der Waals surface area (Å²) in [4.78, 5) is 14.4. The molecule has 1 amide bonds. The van der Waals surface area contributed by atoms with Crippen LogP contribution in [0.25, 0.3) is 0 Å². The van der Waals surface area contributed by atoms with E-state index in [0.717, 1.165) is 56.6 Å². The molecule has 0 aliphatic carbocycles. The Balaban J connectivity index is 2.16. The highest BCUT2D eigenvalue weighted by Crippen LogP contribution is 2.15. The van der Waals surface area contributed by atoms with Gasteiger partial charge in [-0.3, -0.25) is 4.79 Å². The van der Waals surface area contributed by atoms with E-state index in [1.807, 2.05) is 6.08 Å². The highest BCUT2D eigenvalue weighted by molar-refractivity contribution is 5.76. The van der Waals surface area contributed by atoms with Gasteiger partial charge >= 0.3 is 0 Å². The molecule has 0 aromatic carbocycles. The maximum atomic E-state index is 12.3. The minimum Gasteiger partial charge on any atom is -0.331 e. The Morgan fingerprint density at radius 2 is 1.64 bits per heavy atom. The van der Waals surface area contributed by atoms with Gasteiger partial charge in [0.05, 0.1) is 39.3 Å². The maximum absolute atomic E-state index is 12.3. The molecule has 1 aliphatic heterocycles. The average Bonchev–Trinajstić information content (AvgIpc) is 2.54. The molecule has 1 saturated heterocycles. The van der Waals surface area contributed by atoms with Crippen molar-refractivity contribution in [3.05, 3.63) is 12.7 Å². The summed E-state index contributed by atoms with van der Waals surface area (Å²) in [6, 6.07) is 0. The molecule has 22 heavy (non-hydrogen) atoms. The van der Waals surface area contributed by atoms with E-state index in [0.29, 0.717) is 5.91 Å². The van der Waals surface area contributed by atoms with E-state index in [1.54, 1.807) is 0 Å². The van der Waals surface area contributed by atoms with E-state index in [2.05, 4.69) is 25.3 Å². The Hall–Kier alpha value is -0.830. The number of nitrogens with zero attached hydrogens (tertiary/aromatic N) is 2. The van der Waals surface area contributed by atoms with Gasteiger partial charge in [0.25, 0.3) is 0 Å². The molecule has 0 bridgehead atoms. The van der Waals surface area contributed by atoms with E-state index in [-0.39, 0.29) is 0 Å². The van der Waals surface area contributed by atoms with Crippen molar-refractivity contribution in [1.29, 1.82) is 0 Å². The van der Waals surface area contributed by atoms with Gasteiger partial charge < -0.3 is 9.38 Å². The smallest absolute Gasteiger partial charge is 0.222 e. The molecule has 0 N–H and O–H groups in total. The number of quaternary nitrogens is 1. The Labute approximate surface area is 138 Å². The molecule has 3 nitrogen and oxygen atoms in total. The number of unbranched alkanes of at least 4 members (excludes halogenated alkanes) is 6. The number of carbonyl (C=O) groups excluding carboxylic acids is 1. The van der Waals surface area contributed by atoms with E-state index in [1.165, 1.54) is 38.5 Å². The standard InChI is InChI=1S/C19H37N2O/c1-4-7-8-9-10-11-12-13-19(22)20-14-17-21(6-3,16-5-2)18-15-20/h5H,2,4,6-18H2,1,3H3/q+1. The van der Waals surface area contributed by atoms with Gasteiger partial charge in [-0.05, 0) is 19.4 Å². The predicted molar refractivity (Wildman–Crippen MR) is 94.8 cm³/mol. The molecule has 0 saturated carbocycles. The van der Waals surface area contributed by atoms with Crippen molar-refractivity contribution in [2.45, 2.75) is 65.2 Å². The first-order valence-corrected chi connectivity index (χ1v) is 9.41. The van der Waals surface area contributed by atoms with Crippen LogP contribution in [0.5, 0.6) is 0 Å². The number of hydrogen-bond donors (Lipinski definition) is 0. The Bertz CT molecular complexity index is 319. The Morgan fingerprint density at radius 1 is 1.05 bits per heavy atom. The molecule has 3 heteroatoms. The maximum Gasteiger partial charge on any atom is 0.222 e. The summed E-state index contributed by atoms with van der Waals surface area (Å²) in [5.41, 5.74) is 0. The van der Waals surface area contributed by atoms with Crippen LogP contribution in [-0.4, -0.2) is 54.6 Å². The van der Waals surface area contributed by atoms with Crippen molar-refractivity contribution in [2.75, 3.05) is 39.3 Å². The molecule has 128 valence electrons. The van der Waals surface area contributed by atoms with Crippen molar-refractivity contribution in [3.8, 4) is 0 Å². The molecular formula is C19H37N2O+. The summed E-state index contributed by atoms with van der Waals surface area (Å²) in [7, 11) is 0. The molecule has 1 heterocycles. The number of rotatable bonds is 11. The van der Waals surface area contributed by atoms with Crippen LogP contribution >= 0.6 is 0 Å². The molecule has 0 atom stereocenters. The van der Waals surface area contributed by atoms with Gasteiger partial charge in [-0.1, -0.05) is 52.0 Å². The molecule has 1 aliphatic rings. The lowest BCUT2D eigenvalue weighted by atomic mass is 10.1. The zero-order chi connectivity index (χ0) is 16.3. The van der Waals surface area contributed by atoms with Crippen molar-refractivity contribution in [2.24, 2.45) is 0 Å². The highest BCUT2D eigenvalue weighted by atomic mass is 16.2. The number of likely N-dealkylation sites (N-methyl/N-ethyl adjacent to an activating group) is 1. The van der Waals surface area contributed by atoms with Crippen LogP contribution < -0.4 is 0 Å². The fourth-order valence-electron chi connectivity index (χ4n) is 3.43. The summed E-state index contributed by atoms with van der Waals surface area (Å²) in [5, 5.41) is 0. The van der Waals surface area contributed by atoms with Crippen molar-refractivity contribution < 1.29 is 9.28 Å².